The molecule has 1 aromatic heterocycles. The molecule has 1 aliphatic heterocycles. The molecule has 1 unspecified atom stereocenters. The molecule has 0 aliphatic carbocycles. The standard InChI is InChI=1S/C12H13N3O2/c1-2-13-12-14-11(15-17-12)9-7-16-10-6-4-3-5-8(9)10/h3-6,9H,2,7H2,1H3,(H,13,14,15). The van der Waals surface area contributed by atoms with E-state index in [0.717, 1.165) is 17.9 Å². The Morgan fingerprint density at radius 1 is 1.41 bits per heavy atom. The van der Waals surface area contributed by atoms with Crippen LogP contribution in [0.15, 0.2) is 28.8 Å². The van der Waals surface area contributed by atoms with Gasteiger partial charge in [0.2, 0.25) is 0 Å². The van der Waals surface area contributed by atoms with Gasteiger partial charge in [-0.1, -0.05) is 23.4 Å². The number of ether oxygens (including phenoxy) is 1. The fraction of sp³-hybridized carbons (Fsp3) is 0.333. The SMILES string of the molecule is CCNc1nc(C2COc3ccccc32)no1. The summed E-state index contributed by atoms with van der Waals surface area (Å²) in [7, 11) is 0. The normalized spacial score (nSPS) is 17.6. The lowest BCUT2D eigenvalue weighted by Gasteiger charge is -2.01. The van der Waals surface area contributed by atoms with Crippen molar-refractivity contribution in [3.63, 3.8) is 0 Å². The number of anilines is 1. The summed E-state index contributed by atoms with van der Waals surface area (Å²) in [5, 5.41) is 6.98. The minimum absolute atomic E-state index is 0.0716. The van der Waals surface area contributed by atoms with Crippen molar-refractivity contribution in [2.75, 3.05) is 18.5 Å². The number of nitrogens with zero attached hydrogens (tertiary/aromatic N) is 2. The van der Waals surface area contributed by atoms with Gasteiger partial charge >= 0.3 is 6.01 Å². The van der Waals surface area contributed by atoms with Crippen LogP contribution in [-0.2, 0) is 0 Å². The molecular weight excluding hydrogens is 218 g/mol. The van der Waals surface area contributed by atoms with Gasteiger partial charge in [-0.15, -0.1) is 0 Å². The molecule has 1 atom stereocenters. The average molecular weight is 231 g/mol. The second kappa shape index (κ2) is 4.08. The molecule has 1 N–H and O–H groups in total. The maximum atomic E-state index is 5.59. The quantitative estimate of drug-likeness (QED) is 0.875. The van der Waals surface area contributed by atoms with Crippen LogP contribution < -0.4 is 10.1 Å². The molecule has 3 rings (SSSR count). The number of hydrogen-bond acceptors (Lipinski definition) is 5. The first kappa shape index (κ1) is 10.1. The summed E-state index contributed by atoms with van der Waals surface area (Å²) in [6.45, 7) is 3.32. The second-order valence-electron chi connectivity index (χ2n) is 3.89. The maximum Gasteiger partial charge on any atom is 0.321 e. The number of fused-ring (bicyclic) bond motifs is 1. The van der Waals surface area contributed by atoms with E-state index in [2.05, 4.69) is 15.5 Å². The molecule has 1 aromatic carbocycles. The molecule has 0 fully saturated rings. The van der Waals surface area contributed by atoms with Crippen molar-refractivity contribution >= 4 is 6.01 Å². The van der Waals surface area contributed by atoms with E-state index in [1.807, 2.05) is 31.2 Å². The lowest BCUT2D eigenvalue weighted by Crippen LogP contribution is -2.05. The predicted molar refractivity (Wildman–Crippen MR) is 62.2 cm³/mol. The van der Waals surface area contributed by atoms with Crippen molar-refractivity contribution in [1.82, 2.24) is 10.1 Å². The molecule has 5 nitrogen and oxygen atoms in total. The summed E-state index contributed by atoms with van der Waals surface area (Å²) in [6, 6.07) is 8.41. The molecule has 0 amide bonds. The Morgan fingerprint density at radius 2 is 2.29 bits per heavy atom. The topological polar surface area (TPSA) is 60.2 Å². The van der Waals surface area contributed by atoms with E-state index >= 15 is 0 Å². The zero-order valence-corrected chi connectivity index (χ0v) is 9.51. The Morgan fingerprint density at radius 3 is 3.18 bits per heavy atom. The Kier molecular flexibility index (Phi) is 2.44. The Hall–Kier alpha value is -2.04. The Labute approximate surface area is 98.8 Å². The van der Waals surface area contributed by atoms with Crippen molar-refractivity contribution in [2.45, 2.75) is 12.8 Å². The van der Waals surface area contributed by atoms with E-state index in [4.69, 9.17) is 9.26 Å². The Bertz CT molecular complexity index is 524. The first-order chi connectivity index (χ1) is 8.38. The fourth-order valence-corrected chi connectivity index (χ4v) is 1.98. The summed E-state index contributed by atoms with van der Waals surface area (Å²) in [4.78, 5) is 4.31. The van der Waals surface area contributed by atoms with Gasteiger partial charge in [0, 0.05) is 12.1 Å². The van der Waals surface area contributed by atoms with Gasteiger partial charge < -0.3 is 14.6 Å². The lowest BCUT2D eigenvalue weighted by molar-refractivity contribution is 0.335. The van der Waals surface area contributed by atoms with E-state index < -0.39 is 0 Å². The third-order valence-corrected chi connectivity index (χ3v) is 2.78. The van der Waals surface area contributed by atoms with Crippen molar-refractivity contribution in [3.8, 4) is 5.75 Å². The molecule has 1 aliphatic rings. The van der Waals surface area contributed by atoms with Crippen LogP contribution in [0.1, 0.15) is 24.2 Å². The summed E-state index contributed by atoms with van der Waals surface area (Å²) in [6.07, 6.45) is 0. The molecule has 0 spiro atoms. The molecule has 2 heterocycles. The molecule has 0 bridgehead atoms. The van der Waals surface area contributed by atoms with Crippen LogP contribution in [-0.4, -0.2) is 23.3 Å². The van der Waals surface area contributed by atoms with Gasteiger partial charge in [0.15, 0.2) is 5.82 Å². The number of para-hydroxylation sites is 1. The number of hydrogen-bond donors (Lipinski definition) is 1. The van der Waals surface area contributed by atoms with Crippen molar-refractivity contribution in [2.24, 2.45) is 0 Å². The zero-order chi connectivity index (χ0) is 11.7. The van der Waals surface area contributed by atoms with Crippen LogP contribution in [0.5, 0.6) is 5.75 Å². The van der Waals surface area contributed by atoms with Gasteiger partial charge in [0.1, 0.15) is 12.4 Å². The third kappa shape index (κ3) is 1.73. The van der Waals surface area contributed by atoms with Crippen LogP contribution in [0.25, 0.3) is 0 Å². The monoisotopic (exact) mass is 231 g/mol. The second-order valence-corrected chi connectivity index (χ2v) is 3.89. The van der Waals surface area contributed by atoms with Crippen molar-refractivity contribution < 1.29 is 9.26 Å². The van der Waals surface area contributed by atoms with E-state index in [0.29, 0.717) is 18.4 Å². The van der Waals surface area contributed by atoms with Gasteiger partial charge in [-0.25, -0.2) is 0 Å². The first-order valence-electron chi connectivity index (χ1n) is 5.67. The van der Waals surface area contributed by atoms with Crippen LogP contribution >= 0.6 is 0 Å². The minimum atomic E-state index is 0.0716. The van der Waals surface area contributed by atoms with Gasteiger partial charge in [-0.05, 0) is 13.0 Å². The highest BCUT2D eigenvalue weighted by atomic mass is 16.5. The molecule has 88 valence electrons. The van der Waals surface area contributed by atoms with E-state index in [1.165, 1.54) is 0 Å². The maximum absolute atomic E-state index is 5.59. The summed E-state index contributed by atoms with van der Waals surface area (Å²) in [5.74, 6) is 1.65. The molecule has 2 aromatic rings. The largest absolute Gasteiger partial charge is 0.492 e. The molecular formula is C12H13N3O2. The molecule has 0 saturated heterocycles. The summed E-state index contributed by atoms with van der Waals surface area (Å²) >= 11 is 0. The smallest absolute Gasteiger partial charge is 0.321 e. The number of nitrogens with one attached hydrogen (secondary N) is 1. The van der Waals surface area contributed by atoms with Crippen molar-refractivity contribution in [1.29, 1.82) is 0 Å². The number of benzene rings is 1. The van der Waals surface area contributed by atoms with Crippen molar-refractivity contribution in [3.05, 3.63) is 35.7 Å². The number of rotatable bonds is 3. The predicted octanol–water partition coefficient (Wildman–Crippen LogP) is 2.03. The highest BCUT2D eigenvalue weighted by Crippen LogP contribution is 2.36. The third-order valence-electron chi connectivity index (χ3n) is 2.78. The van der Waals surface area contributed by atoms with E-state index in [-0.39, 0.29) is 5.92 Å². The van der Waals surface area contributed by atoms with Crippen LogP contribution in [0, 0.1) is 0 Å². The van der Waals surface area contributed by atoms with E-state index in [1.54, 1.807) is 0 Å². The first-order valence-corrected chi connectivity index (χ1v) is 5.67. The van der Waals surface area contributed by atoms with Gasteiger partial charge in [0.25, 0.3) is 0 Å². The van der Waals surface area contributed by atoms with Gasteiger partial charge in [-0.2, -0.15) is 4.98 Å². The zero-order valence-electron chi connectivity index (χ0n) is 9.51. The van der Waals surface area contributed by atoms with Crippen LogP contribution in [0.3, 0.4) is 0 Å². The van der Waals surface area contributed by atoms with Gasteiger partial charge in [0.05, 0.1) is 5.92 Å². The molecule has 0 saturated carbocycles. The van der Waals surface area contributed by atoms with E-state index in [9.17, 15) is 0 Å². The highest BCUT2D eigenvalue weighted by Gasteiger charge is 2.29. The fourth-order valence-electron chi connectivity index (χ4n) is 1.98. The van der Waals surface area contributed by atoms with Crippen LogP contribution in [0.4, 0.5) is 6.01 Å². The number of aromatic nitrogens is 2. The highest BCUT2D eigenvalue weighted by molar-refractivity contribution is 5.43. The molecule has 17 heavy (non-hydrogen) atoms. The molecule has 5 heteroatoms. The summed E-state index contributed by atoms with van der Waals surface area (Å²) < 4.78 is 10.7. The summed E-state index contributed by atoms with van der Waals surface area (Å²) in [5.41, 5.74) is 1.12. The minimum Gasteiger partial charge on any atom is -0.492 e. The average Bonchev–Trinajstić information content (AvgIpc) is 2.95. The molecule has 0 radical (unpaired) electrons. The lowest BCUT2D eigenvalue weighted by atomic mass is 10.0. The Balaban J connectivity index is 1.90. The van der Waals surface area contributed by atoms with Gasteiger partial charge in [-0.3, -0.25) is 0 Å². The van der Waals surface area contributed by atoms with Crippen LogP contribution in [0.2, 0.25) is 0 Å².